The summed E-state index contributed by atoms with van der Waals surface area (Å²) in [7, 11) is 3.76. The Morgan fingerprint density at radius 1 is 1.35 bits per heavy atom. The number of carbonyl (C=O) groups is 1. The summed E-state index contributed by atoms with van der Waals surface area (Å²) in [6.45, 7) is 5.62. The predicted molar refractivity (Wildman–Crippen MR) is 92.8 cm³/mol. The average Bonchev–Trinajstić information content (AvgIpc) is 2.49. The van der Waals surface area contributed by atoms with E-state index in [0.717, 1.165) is 24.3 Å². The molecule has 0 saturated heterocycles. The highest BCUT2D eigenvalue weighted by molar-refractivity contribution is 5.77. The van der Waals surface area contributed by atoms with Gasteiger partial charge in [0.05, 0.1) is 14.2 Å². The fourth-order valence-electron chi connectivity index (χ4n) is 3.50. The van der Waals surface area contributed by atoms with Crippen molar-refractivity contribution in [3.63, 3.8) is 0 Å². The van der Waals surface area contributed by atoms with Crippen LogP contribution in [-0.4, -0.2) is 32.7 Å². The standard InChI is InChI=1S/C19H30N2O2/c1-14-9-10-18(23-4)16(11-14)12-21(3)13-19(22)20-17-8-6-5-7-15(17)2/h9-11,15,17H,5-8,12-13H2,1-4H3,(H,20,22)/p+1/t15-,17+/m0/s1. The van der Waals surface area contributed by atoms with Crippen LogP contribution in [0.2, 0.25) is 0 Å². The Morgan fingerprint density at radius 2 is 2.09 bits per heavy atom. The molecular formula is C19H31N2O2+. The number of rotatable bonds is 6. The van der Waals surface area contributed by atoms with Gasteiger partial charge in [0.15, 0.2) is 6.54 Å². The normalized spacial score (nSPS) is 22.4. The molecule has 1 aliphatic carbocycles. The Kier molecular flexibility index (Phi) is 6.46. The van der Waals surface area contributed by atoms with Crippen molar-refractivity contribution in [2.24, 2.45) is 5.92 Å². The van der Waals surface area contributed by atoms with Crippen LogP contribution in [0.1, 0.15) is 43.7 Å². The van der Waals surface area contributed by atoms with Gasteiger partial charge in [-0.05, 0) is 37.8 Å². The molecule has 0 aliphatic heterocycles. The van der Waals surface area contributed by atoms with Crippen molar-refractivity contribution >= 4 is 5.91 Å². The number of benzene rings is 1. The van der Waals surface area contributed by atoms with Crippen LogP contribution in [0.5, 0.6) is 5.75 Å². The van der Waals surface area contributed by atoms with Crippen molar-refractivity contribution in [1.29, 1.82) is 0 Å². The zero-order chi connectivity index (χ0) is 16.8. The number of hydrogen-bond donors (Lipinski definition) is 2. The van der Waals surface area contributed by atoms with E-state index in [9.17, 15) is 4.79 Å². The number of methoxy groups -OCH3 is 1. The molecule has 2 rings (SSSR count). The molecule has 0 spiro atoms. The van der Waals surface area contributed by atoms with Gasteiger partial charge in [0.1, 0.15) is 12.3 Å². The lowest BCUT2D eigenvalue weighted by molar-refractivity contribution is -0.885. The third-order valence-electron chi connectivity index (χ3n) is 4.85. The van der Waals surface area contributed by atoms with Crippen LogP contribution in [-0.2, 0) is 11.3 Å². The third-order valence-corrected chi connectivity index (χ3v) is 4.85. The maximum absolute atomic E-state index is 12.3. The Bertz CT molecular complexity index is 530. The van der Waals surface area contributed by atoms with Crippen molar-refractivity contribution in [2.45, 2.75) is 52.1 Å². The molecule has 0 aromatic heterocycles. The van der Waals surface area contributed by atoms with Gasteiger partial charge in [-0.3, -0.25) is 4.79 Å². The van der Waals surface area contributed by atoms with Crippen molar-refractivity contribution < 1.29 is 14.4 Å². The number of amides is 1. The Morgan fingerprint density at radius 3 is 2.78 bits per heavy atom. The summed E-state index contributed by atoms with van der Waals surface area (Å²) >= 11 is 0. The third kappa shape index (κ3) is 5.24. The molecule has 23 heavy (non-hydrogen) atoms. The number of hydrogen-bond acceptors (Lipinski definition) is 2. The van der Waals surface area contributed by atoms with Gasteiger partial charge in [-0.25, -0.2) is 0 Å². The molecule has 1 fully saturated rings. The van der Waals surface area contributed by atoms with E-state index in [2.05, 4.69) is 38.3 Å². The summed E-state index contributed by atoms with van der Waals surface area (Å²) in [5.41, 5.74) is 2.37. The molecule has 1 aromatic rings. The highest BCUT2D eigenvalue weighted by Crippen LogP contribution is 2.23. The zero-order valence-electron chi connectivity index (χ0n) is 14.9. The Labute approximate surface area is 140 Å². The molecular weight excluding hydrogens is 288 g/mol. The average molecular weight is 319 g/mol. The molecule has 4 heteroatoms. The SMILES string of the molecule is COc1ccc(C)cc1C[NH+](C)CC(=O)N[C@@H]1CCCC[C@@H]1C. The van der Waals surface area contributed by atoms with Gasteiger partial charge in [0.2, 0.25) is 0 Å². The number of aryl methyl sites for hydroxylation is 1. The molecule has 1 saturated carbocycles. The molecule has 1 amide bonds. The number of likely N-dealkylation sites (N-methyl/N-ethyl adjacent to an activating group) is 1. The van der Waals surface area contributed by atoms with Crippen LogP contribution >= 0.6 is 0 Å². The van der Waals surface area contributed by atoms with Gasteiger partial charge in [-0.2, -0.15) is 0 Å². The number of ether oxygens (including phenoxy) is 1. The molecule has 0 heterocycles. The van der Waals surface area contributed by atoms with Crippen LogP contribution in [0.15, 0.2) is 18.2 Å². The van der Waals surface area contributed by atoms with Gasteiger partial charge in [0, 0.05) is 11.6 Å². The van der Waals surface area contributed by atoms with E-state index in [1.165, 1.54) is 29.7 Å². The molecule has 2 N–H and O–H groups in total. The van der Waals surface area contributed by atoms with E-state index in [0.29, 0.717) is 18.5 Å². The van der Waals surface area contributed by atoms with Crippen LogP contribution in [0.25, 0.3) is 0 Å². The lowest BCUT2D eigenvalue weighted by Gasteiger charge is -2.29. The predicted octanol–water partition coefficient (Wildman–Crippen LogP) is 1.71. The van der Waals surface area contributed by atoms with Crippen molar-refractivity contribution in [2.75, 3.05) is 20.7 Å². The van der Waals surface area contributed by atoms with E-state index >= 15 is 0 Å². The van der Waals surface area contributed by atoms with E-state index in [4.69, 9.17) is 4.74 Å². The van der Waals surface area contributed by atoms with Crippen LogP contribution in [0.4, 0.5) is 0 Å². The minimum Gasteiger partial charge on any atom is -0.496 e. The lowest BCUT2D eigenvalue weighted by Crippen LogP contribution is -3.09. The first-order valence-corrected chi connectivity index (χ1v) is 8.73. The molecule has 1 aliphatic rings. The number of carbonyl (C=O) groups excluding carboxylic acids is 1. The summed E-state index contributed by atoms with van der Waals surface area (Å²) in [5, 5.41) is 3.23. The quantitative estimate of drug-likeness (QED) is 0.838. The highest BCUT2D eigenvalue weighted by atomic mass is 16.5. The molecule has 3 atom stereocenters. The van der Waals surface area contributed by atoms with Gasteiger partial charge >= 0.3 is 0 Å². The molecule has 0 bridgehead atoms. The number of quaternary nitrogens is 1. The fraction of sp³-hybridized carbons (Fsp3) is 0.632. The highest BCUT2D eigenvalue weighted by Gasteiger charge is 2.24. The minimum absolute atomic E-state index is 0.160. The van der Waals surface area contributed by atoms with Crippen molar-refractivity contribution in [3.8, 4) is 5.75 Å². The molecule has 0 radical (unpaired) electrons. The van der Waals surface area contributed by atoms with E-state index in [-0.39, 0.29) is 5.91 Å². The Balaban J connectivity index is 1.87. The van der Waals surface area contributed by atoms with Gasteiger partial charge < -0.3 is 15.0 Å². The largest absolute Gasteiger partial charge is 0.496 e. The summed E-state index contributed by atoms with van der Waals surface area (Å²) in [6.07, 6.45) is 4.89. The van der Waals surface area contributed by atoms with Crippen LogP contribution < -0.4 is 15.0 Å². The van der Waals surface area contributed by atoms with E-state index < -0.39 is 0 Å². The second kappa shape index (κ2) is 8.34. The second-order valence-corrected chi connectivity index (χ2v) is 7.06. The topological polar surface area (TPSA) is 42.8 Å². The molecule has 1 aromatic carbocycles. The van der Waals surface area contributed by atoms with E-state index in [1.54, 1.807) is 7.11 Å². The molecule has 4 nitrogen and oxygen atoms in total. The van der Waals surface area contributed by atoms with Crippen molar-refractivity contribution in [1.82, 2.24) is 5.32 Å². The first-order valence-electron chi connectivity index (χ1n) is 8.73. The summed E-state index contributed by atoms with van der Waals surface area (Å²) < 4.78 is 5.43. The van der Waals surface area contributed by atoms with Crippen LogP contribution in [0, 0.1) is 12.8 Å². The maximum Gasteiger partial charge on any atom is 0.275 e. The van der Waals surface area contributed by atoms with Crippen molar-refractivity contribution in [3.05, 3.63) is 29.3 Å². The minimum atomic E-state index is 0.160. The monoisotopic (exact) mass is 319 g/mol. The second-order valence-electron chi connectivity index (χ2n) is 7.06. The fourth-order valence-corrected chi connectivity index (χ4v) is 3.50. The Hall–Kier alpha value is -1.55. The first-order chi connectivity index (χ1) is 11.0. The summed E-state index contributed by atoms with van der Waals surface area (Å²) in [4.78, 5) is 13.5. The molecule has 128 valence electrons. The van der Waals surface area contributed by atoms with Gasteiger partial charge in [-0.1, -0.05) is 31.4 Å². The van der Waals surface area contributed by atoms with Gasteiger partial charge in [0.25, 0.3) is 5.91 Å². The van der Waals surface area contributed by atoms with Gasteiger partial charge in [-0.15, -0.1) is 0 Å². The smallest absolute Gasteiger partial charge is 0.275 e. The molecule has 1 unspecified atom stereocenters. The lowest BCUT2D eigenvalue weighted by atomic mass is 9.86. The number of nitrogens with one attached hydrogen (secondary N) is 2. The maximum atomic E-state index is 12.3. The zero-order valence-corrected chi connectivity index (χ0v) is 14.9. The summed E-state index contributed by atoms with van der Waals surface area (Å²) in [5.74, 6) is 1.66. The summed E-state index contributed by atoms with van der Waals surface area (Å²) in [6, 6.07) is 6.55. The van der Waals surface area contributed by atoms with E-state index in [1.807, 2.05) is 6.07 Å². The van der Waals surface area contributed by atoms with Crippen LogP contribution in [0.3, 0.4) is 0 Å². The first kappa shape index (κ1) is 17.8.